The first kappa shape index (κ1) is 14.3. The van der Waals surface area contributed by atoms with Gasteiger partial charge >= 0.3 is 0 Å². The third-order valence-corrected chi connectivity index (χ3v) is 4.81. The zero-order chi connectivity index (χ0) is 15.5. The third-order valence-electron chi connectivity index (χ3n) is 4.81. The predicted octanol–water partition coefficient (Wildman–Crippen LogP) is 5.65. The van der Waals surface area contributed by atoms with Gasteiger partial charge in [0.2, 0.25) is 0 Å². The van der Waals surface area contributed by atoms with Crippen LogP contribution in [0.25, 0.3) is 22.0 Å². The summed E-state index contributed by atoms with van der Waals surface area (Å²) < 4.78 is 0. The molecule has 1 heterocycles. The van der Waals surface area contributed by atoms with Crippen LogP contribution in [0.3, 0.4) is 0 Å². The lowest BCUT2D eigenvalue weighted by molar-refractivity contribution is 0.463. The van der Waals surface area contributed by atoms with Crippen LogP contribution >= 0.6 is 0 Å². The molecule has 0 unspecified atom stereocenters. The second-order valence-electron chi connectivity index (χ2n) is 6.41. The summed E-state index contributed by atoms with van der Waals surface area (Å²) in [4.78, 5) is 4.78. The van der Waals surface area contributed by atoms with E-state index in [1.807, 2.05) is 12.3 Å². The molecule has 0 saturated heterocycles. The smallest absolute Gasteiger partial charge is 0.0781 e. The van der Waals surface area contributed by atoms with Crippen LogP contribution in [-0.4, -0.2) is 11.0 Å². The predicted molar refractivity (Wildman–Crippen MR) is 97.7 cm³/mol. The number of fused-ring (bicyclic) bond motifs is 1. The van der Waals surface area contributed by atoms with Gasteiger partial charge in [-0.1, -0.05) is 73.9 Å². The largest absolute Gasteiger partial charge is 0.381 e. The zero-order valence-corrected chi connectivity index (χ0v) is 13.3. The summed E-state index contributed by atoms with van der Waals surface area (Å²) in [7, 11) is 0. The van der Waals surface area contributed by atoms with Crippen LogP contribution in [0.2, 0.25) is 0 Å². The van der Waals surface area contributed by atoms with Crippen LogP contribution in [0.4, 0.5) is 5.69 Å². The molecule has 0 radical (unpaired) electrons. The molecule has 1 aliphatic rings. The molecule has 0 aliphatic heterocycles. The Balaban J connectivity index is 1.76. The lowest BCUT2D eigenvalue weighted by Crippen LogP contribution is -2.22. The van der Waals surface area contributed by atoms with Crippen molar-refractivity contribution >= 4 is 16.5 Å². The van der Waals surface area contributed by atoms with Crippen molar-refractivity contribution in [2.45, 2.75) is 38.1 Å². The van der Waals surface area contributed by atoms with Gasteiger partial charge in [0.1, 0.15) is 0 Å². The third kappa shape index (κ3) is 2.94. The van der Waals surface area contributed by atoms with Crippen LogP contribution in [-0.2, 0) is 0 Å². The maximum atomic E-state index is 4.78. The first-order valence-corrected chi connectivity index (χ1v) is 8.61. The van der Waals surface area contributed by atoms with Crippen molar-refractivity contribution in [1.82, 2.24) is 4.98 Å². The average molecular weight is 302 g/mol. The summed E-state index contributed by atoms with van der Waals surface area (Å²) in [6.07, 6.45) is 8.61. The van der Waals surface area contributed by atoms with Gasteiger partial charge in [-0.25, -0.2) is 0 Å². The number of hydrogen-bond acceptors (Lipinski definition) is 2. The highest BCUT2D eigenvalue weighted by Gasteiger charge is 2.15. The zero-order valence-electron chi connectivity index (χ0n) is 13.3. The minimum absolute atomic E-state index is 0.594. The van der Waals surface area contributed by atoms with Crippen molar-refractivity contribution in [3.05, 3.63) is 60.8 Å². The van der Waals surface area contributed by atoms with Crippen molar-refractivity contribution in [3.63, 3.8) is 0 Å². The second kappa shape index (κ2) is 6.41. The molecule has 116 valence electrons. The average Bonchev–Trinajstić information content (AvgIpc) is 2.64. The molecule has 0 spiro atoms. The molecule has 23 heavy (non-hydrogen) atoms. The monoisotopic (exact) mass is 302 g/mol. The lowest BCUT2D eigenvalue weighted by Gasteiger charge is -2.24. The molecule has 0 bridgehead atoms. The highest BCUT2D eigenvalue weighted by atomic mass is 14.9. The molecule has 3 aromatic rings. The standard InChI is InChI=1S/C21H22N2/c1-3-9-16(10-4-1)21-19-14-8-7-13-18(19)20(15-22-21)23-17-11-5-2-6-12-17/h1,3-4,7-10,13-15,17,23H,2,5-6,11-12H2. The highest BCUT2D eigenvalue weighted by molar-refractivity contribution is 6.01. The van der Waals surface area contributed by atoms with E-state index < -0.39 is 0 Å². The van der Waals surface area contributed by atoms with E-state index in [1.165, 1.54) is 54.1 Å². The molecule has 1 fully saturated rings. The normalized spacial score (nSPS) is 15.7. The van der Waals surface area contributed by atoms with Gasteiger partial charge in [-0.05, 0) is 12.8 Å². The number of aromatic nitrogens is 1. The summed E-state index contributed by atoms with van der Waals surface area (Å²) in [5.74, 6) is 0. The second-order valence-corrected chi connectivity index (χ2v) is 6.41. The van der Waals surface area contributed by atoms with E-state index in [1.54, 1.807) is 0 Å². The van der Waals surface area contributed by atoms with E-state index in [-0.39, 0.29) is 0 Å². The van der Waals surface area contributed by atoms with E-state index in [9.17, 15) is 0 Å². The van der Waals surface area contributed by atoms with Gasteiger partial charge in [-0.3, -0.25) is 4.98 Å². The van der Waals surface area contributed by atoms with Gasteiger partial charge in [0.25, 0.3) is 0 Å². The Morgan fingerprint density at radius 3 is 2.26 bits per heavy atom. The van der Waals surface area contributed by atoms with E-state index in [2.05, 4.69) is 53.8 Å². The fraction of sp³-hybridized carbons (Fsp3) is 0.286. The SMILES string of the molecule is c1ccc(-c2ncc(NC3CCCCC3)c3ccccc23)cc1. The molecule has 1 aliphatic carbocycles. The van der Waals surface area contributed by atoms with Gasteiger partial charge in [0.15, 0.2) is 0 Å². The van der Waals surface area contributed by atoms with Crippen LogP contribution in [0, 0.1) is 0 Å². The molecular formula is C21H22N2. The quantitative estimate of drug-likeness (QED) is 0.676. The maximum Gasteiger partial charge on any atom is 0.0781 e. The van der Waals surface area contributed by atoms with Crippen LogP contribution in [0.5, 0.6) is 0 Å². The molecule has 1 N–H and O–H groups in total. The summed E-state index contributed by atoms with van der Waals surface area (Å²) >= 11 is 0. The molecule has 2 heteroatoms. The summed E-state index contributed by atoms with van der Waals surface area (Å²) in [5.41, 5.74) is 3.41. The summed E-state index contributed by atoms with van der Waals surface area (Å²) in [6.45, 7) is 0. The van der Waals surface area contributed by atoms with Crippen LogP contribution in [0.15, 0.2) is 60.8 Å². The minimum atomic E-state index is 0.594. The van der Waals surface area contributed by atoms with Gasteiger partial charge in [-0.2, -0.15) is 0 Å². The first-order valence-electron chi connectivity index (χ1n) is 8.61. The lowest BCUT2D eigenvalue weighted by atomic mass is 9.95. The van der Waals surface area contributed by atoms with Crippen molar-refractivity contribution in [2.24, 2.45) is 0 Å². The number of pyridine rings is 1. The fourth-order valence-corrected chi connectivity index (χ4v) is 3.60. The minimum Gasteiger partial charge on any atom is -0.381 e. The molecule has 4 rings (SSSR count). The number of anilines is 1. The van der Waals surface area contributed by atoms with Crippen molar-refractivity contribution in [3.8, 4) is 11.3 Å². The Bertz CT molecular complexity index is 789. The number of benzene rings is 2. The van der Waals surface area contributed by atoms with Crippen molar-refractivity contribution in [2.75, 3.05) is 5.32 Å². The summed E-state index contributed by atoms with van der Waals surface area (Å²) in [5, 5.41) is 6.23. The van der Waals surface area contributed by atoms with Crippen LogP contribution in [0.1, 0.15) is 32.1 Å². The fourth-order valence-electron chi connectivity index (χ4n) is 3.60. The van der Waals surface area contributed by atoms with Gasteiger partial charge in [-0.15, -0.1) is 0 Å². The summed E-state index contributed by atoms with van der Waals surface area (Å²) in [6, 6.07) is 19.6. The van der Waals surface area contributed by atoms with Gasteiger partial charge in [0, 0.05) is 22.4 Å². The van der Waals surface area contributed by atoms with Crippen molar-refractivity contribution in [1.29, 1.82) is 0 Å². The number of rotatable bonds is 3. The Labute approximate surface area is 137 Å². The Morgan fingerprint density at radius 2 is 1.48 bits per heavy atom. The highest BCUT2D eigenvalue weighted by Crippen LogP contribution is 2.32. The van der Waals surface area contributed by atoms with Gasteiger partial charge < -0.3 is 5.32 Å². The maximum absolute atomic E-state index is 4.78. The Hall–Kier alpha value is -2.35. The Morgan fingerprint density at radius 1 is 0.783 bits per heavy atom. The van der Waals surface area contributed by atoms with E-state index in [4.69, 9.17) is 4.98 Å². The number of hydrogen-bond donors (Lipinski definition) is 1. The molecule has 0 amide bonds. The molecule has 1 saturated carbocycles. The topological polar surface area (TPSA) is 24.9 Å². The Kier molecular flexibility index (Phi) is 3.97. The van der Waals surface area contributed by atoms with Gasteiger partial charge in [0.05, 0.1) is 17.6 Å². The van der Waals surface area contributed by atoms with E-state index >= 15 is 0 Å². The van der Waals surface area contributed by atoms with E-state index in [0.29, 0.717) is 6.04 Å². The van der Waals surface area contributed by atoms with Crippen molar-refractivity contribution < 1.29 is 0 Å². The molecule has 0 atom stereocenters. The molecule has 2 nitrogen and oxygen atoms in total. The van der Waals surface area contributed by atoms with Crippen LogP contribution < -0.4 is 5.32 Å². The molecule has 2 aromatic carbocycles. The van der Waals surface area contributed by atoms with E-state index in [0.717, 1.165) is 5.69 Å². The number of nitrogens with zero attached hydrogens (tertiary/aromatic N) is 1. The number of nitrogens with one attached hydrogen (secondary N) is 1. The first-order chi connectivity index (χ1) is 11.4. The molecular weight excluding hydrogens is 280 g/mol. The molecule has 1 aromatic heterocycles.